The van der Waals surface area contributed by atoms with Crippen LogP contribution in [-0.2, 0) is 6.42 Å². The molecule has 0 radical (unpaired) electrons. The van der Waals surface area contributed by atoms with Gasteiger partial charge in [0.25, 0.3) is 0 Å². The van der Waals surface area contributed by atoms with Gasteiger partial charge in [0, 0.05) is 16.5 Å². The maximum absolute atomic E-state index is 12.4. The largest absolute Gasteiger partial charge is 0.294 e. The second kappa shape index (κ2) is 5.82. The topological polar surface area (TPSA) is 17.1 Å². The standard InChI is InChI=1S/C19H15BrO/c1-13-6-8-17(12-18(13)20)19(21)11-14-7-9-15-4-2-3-5-16(15)10-14/h2-10,12H,11H2,1H3. The highest BCUT2D eigenvalue weighted by molar-refractivity contribution is 9.10. The Balaban J connectivity index is 1.87. The van der Waals surface area contributed by atoms with Gasteiger partial charge in [-0.15, -0.1) is 0 Å². The van der Waals surface area contributed by atoms with Crippen molar-refractivity contribution in [3.8, 4) is 0 Å². The number of hydrogen-bond acceptors (Lipinski definition) is 1. The van der Waals surface area contributed by atoms with E-state index in [0.29, 0.717) is 6.42 Å². The molecule has 3 rings (SSSR count). The van der Waals surface area contributed by atoms with Gasteiger partial charge >= 0.3 is 0 Å². The van der Waals surface area contributed by atoms with Crippen LogP contribution < -0.4 is 0 Å². The van der Waals surface area contributed by atoms with Crippen molar-refractivity contribution in [2.45, 2.75) is 13.3 Å². The smallest absolute Gasteiger partial charge is 0.167 e. The van der Waals surface area contributed by atoms with Crippen molar-refractivity contribution in [2.75, 3.05) is 0 Å². The van der Waals surface area contributed by atoms with E-state index in [1.807, 2.05) is 43.3 Å². The van der Waals surface area contributed by atoms with Gasteiger partial charge in [0.05, 0.1) is 0 Å². The van der Waals surface area contributed by atoms with Gasteiger partial charge in [0.2, 0.25) is 0 Å². The molecule has 21 heavy (non-hydrogen) atoms. The van der Waals surface area contributed by atoms with Crippen molar-refractivity contribution < 1.29 is 4.79 Å². The summed E-state index contributed by atoms with van der Waals surface area (Å²) in [6.07, 6.45) is 0.431. The Bertz CT molecular complexity index is 821. The van der Waals surface area contributed by atoms with Crippen molar-refractivity contribution >= 4 is 32.5 Å². The molecule has 0 spiro atoms. The Labute approximate surface area is 132 Å². The number of fused-ring (bicyclic) bond motifs is 1. The average Bonchev–Trinajstić information content (AvgIpc) is 2.50. The van der Waals surface area contributed by atoms with Crippen molar-refractivity contribution in [1.82, 2.24) is 0 Å². The molecule has 104 valence electrons. The molecule has 1 nitrogen and oxygen atoms in total. The molecule has 0 unspecified atom stereocenters. The SMILES string of the molecule is Cc1ccc(C(=O)Cc2ccc3ccccc3c2)cc1Br. The summed E-state index contributed by atoms with van der Waals surface area (Å²) >= 11 is 3.48. The van der Waals surface area contributed by atoms with Crippen LogP contribution >= 0.6 is 15.9 Å². The highest BCUT2D eigenvalue weighted by Crippen LogP contribution is 2.20. The summed E-state index contributed by atoms with van der Waals surface area (Å²) in [7, 11) is 0. The van der Waals surface area contributed by atoms with Gasteiger partial charge in [-0.3, -0.25) is 4.79 Å². The fourth-order valence-electron chi connectivity index (χ4n) is 2.40. The van der Waals surface area contributed by atoms with E-state index in [-0.39, 0.29) is 5.78 Å². The first-order valence-electron chi connectivity index (χ1n) is 6.90. The second-order valence-corrected chi connectivity index (χ2v) is 6.10. The van der Waals surface area contributed by atoms with E-state index in [9.17, 15) is 4.79 Å². The number of benzene rings is 3. The molecular weight excluding hydrogens is 324 g/mol. The fraction of sp³-hybridized carbons (Fsp3) is 0.105. The van der Waals surface area contributed by atoms with E-state index >= 15 is 0 Å². The molecule has 0 atom stereocenters. The normalized spacial score (nSPS) is 10.8. The van der Waals surface area contributed by atoms with E-state index in [4.69, 9.17) is 0 Å². The third kappa shape index (κ3) is 3.06. The van der Waals surface area contributed by atoms with Crippen LogP contribution in [0.4, 0.5) is 0 Å². The summed E-state index contributed by atoms with van der Waals surface area (Å²) in [4.78, 5) is 12.4. The summed E-state index contributed by atoms with van der Waals surface area (Å²) in [5, 5.41) is 2.37. The monoisotopic (exact) mass is 338 g/mol. The summed E-state index contributed by atoms with van der Waals surface area (Å²) in [5.74, 6) is 0.144. The molecule has 0 aromatic heterocycles. The van der Waals surface area contributed by atoms with Crippen LogP contribution in [0.3, 0.4) is 0 Å². The van der Waals surface area contributed by atoms with Gasteiger partial charge in [-0.25, -0.2) is 0 Å². The van der Waals surface area contributed by atoms with E-state index in [0.717, 1.165) is 21.2 Å². The molecule has 0 aliphatic heterocycles. The summed E-state index contributed by atoms with van der Waals surface area (Å²) in [6, 6.07) is 20.2. The summed E-state index contributed by atoms with van der Waals surface area (Å²) in [6.45, 7) is 2.02. The fourth-order valence-corrected chi connectivity index (χ4v) is 2.78. The zero-order valence-electron chi connectivity index (χ0n) is 11.8. The Morgan fingerprint density at radius 3 is 2.48 bits per heavy atom. The van der Waals surface area contributed by atoms with Gasteiger partial charge in [0.15, 0.2) is 5.78 Å². The quantitative estimate of drug-likeness (QED) is 0.589. The van der Waals surface area contributed by atoms with E-state index < -0.39 is 0 Å². The van der Waals surface area contributed by atoms with Gasteiger partial charge in [0.1, 0.15) is 0 Å². The first kappa shape index (κ1) is 14.0. The van der Waals surface area contributed by atoms with Crippen molar-refractivity contribution in [1.29, 1.82) is 0 Å². The van der Waals surface area contributed by atoms with Gasteiger partial charge in [-0.2, -0.15) is 0 Å². The van der Waals surface area contributed by atoms with Crippen molar-refractivity contribution in [2.24, 2.45) is 0 Å². The Kier molecular flexibility index (Phi) is 3.89. The molecule has 3 aromatic carbocycles. The lowest BCUT2D eigenvalue weighted by Crippen LogP contribution is -2.03. The zero-order valence-corrected chi connectivity index (χ0v) is 13.4. The maximum atomic E-state index is 12.4. The molecule has 0 saturated heterocycles. The lowest BCUT2D eigenvalue weighted by molar-refractivity contribution is 0.0993. The number of aryl methyl sites for hydroxylation is 1. The Hall–Kier alpha value is -1.93. The molecule has 0 aliphatic rings. The number of rotatable bonds is 3. The van der Waals surface area contributed by atoms with Gasteiger partial charge < -0.3 is 0 Å². The highest BCUT2D eigenvalue weighted by Gasteiger charge is 2.09. The third-order valence-corrected chi connectivity index (χ3v) is 4.53. The first-order valence-corrected chi connectivity index (χ1v) is 7.70. The highest BCUT2D eigenvalue weighted by atomic mass is 79.9. The molecule has 0 aliphatic carbocycles. The molecule has 0 N–H and O–H groups in total. The number of carbonyl (C=O) groups excluding carboxylic acids is 1. The molecule has 2 heteroatoms. The van der Waals surface area contributed by atoms with Crippen LogP contribution in [-0.4, -0.2) is 5.78 Å². The zero-order chi connectivity index (χ0) is 14.8. The predicted octanol–water partition coefficient (Wildman–Crippen LogP) is 5.34. The number of carbonyl (C=O) groups is 1. The van der Waals surface area contributed by atoms with Gasteiger partial charge in [-0.05, 0) is 34.9 Å². The molecule has 0 saturated carbocycles. The average molecular weight is 339 g/mol. The molecule has 0 fully saturated rings. The predicted molar refractivity (Wildman–Crippen MR) is 90.9 cm³/mol. The van der Waals surface area contributed by atoms with Crippen LogP contribution in [0.25, 0.3) is 10.8 Å². The minimum atomic E-state index is 0.144. The molecule has 0 heterocycles. The Morgan fingerprint density at radius 1 is 0.952 bits per heavy atom. The van der Waals surface area contributed by atoms with Crippen molar-refractivity contribution in [3.63, 3.8) is 0 Å². The van der Waals surface area contributed by atoms with Crippen LogP contribution in [0, 0.1) is 6.92 Å². The lowest BCUT2D eigenvalue weighted by atomic mass is 10.00. The number of Topliss-reactive ketones (excluding diaryl/α,β-unsaturated/α-hetero) is 1. The third-order valence-electron chi connectivity index (χ3n) is 3.67. The number of hydrogen-bond donors (Lipinski definition) is 0. The minimum Gasteiger partial charge on any atom is -0.294 e. The number of ketones is 1. The maximum Gasteiger partial charge on any atom is 0.167 e. The van der Waals surface area contributed by atoms with Crippen LogP contribution in [0.1, 0.15) is 21.5 Å². The molecular formula is C19H15BrO. The van der Waals surface area contributed by atoms with Crippen LogP contribution in [0.5, 0.6) is 0 Å². The first-order chi connectivity index (χ1) is 10.1. The molecule has 0 amide bonds. The summed E-state index contributed by atoms with van der Waals surface area (Å²) < 4.78 is 0.979. The van der Waals surface area contributed by atoms with E-state index in [1.165, 1.54) is 10.8 Å². The molecule has 3 aromatic rings. The van der Waals surface area contributed by atoms with E-state index in [2.05, 4.69) is 40.2 Å². The van der Waals surface area contributed by atoms with Gasteiger partial charge in [-0.1, -0.05) is 70.5 Å². The van der Waals surface area contributed by atoms with E-state index in [1.54, 1.807) is 0 Å². The van der Waals surface area contributed by atoms with Crippen molar-refractivity contribution in [3.05, 3.63) is 81.8 Å². The molecule has 0 bridgehead atoms. The Morgan fingerprint density at radius 2 is 1.71 bits per heavy atom. The minimum absolute atomic E-state index is 0.144. The second-order valence-electron chi connectivity index (χ2n) is 5.25. The summed E-state index contributed by atoms with van der Waals surface area (Å²) in [5.41, 5.74) is 2.94. The lowest BCUT2D eigenvalue weighted by Gasteiger charge is -2.05. The van der Waals surface area contributed by atoms with Crippen LogP contribution in [0.15, 0.2) is 65.1 Å². The number of halogens is 1. The van der Waals surface area contributed by atoms with Crippen LogP contribution in [0.2, 0.25) is 0 Å².